The number of imidazole rings is 1. The van der Waals surface area contributed by atoms with Crippen molar-refractivity contribution in [3.05, 3.63) is 21.6 Å². The number of nitro groups is 1. The molecule has 0 radical (unpaired) electrons. The van der Waals surface area contributed by atoms with E-state index >= 15 is 0 Å². The molecule has 54 valence electrons. The van der Waals surface area contributed by atoms with Crippen LogP contribution in [0, 0.1) is 10.1 Å². The monoisotopic (exact) mass is 165 g/mol. The lowest BCUT2D eigenvalue weighted by atomic mass is 11.6. The maximum atomic E-state index is 10.1. The molecule has 5 nitrogen and oxygen atoms in total. The van der Waals surface area contributed by atoms with Gasteiger partial charge in [-0.1, -0.05) is 11.6 Å². The van der Waals surface area contributed by atoms with Crippen LogP contribution in [0.1, 0.15) is 0 Å². The Kier molecular flexibility index (Phi) is 1.58. The molecule has 0 amide bonds. The Hall–Kier alpha value is -1.10. The molecular weight excluding hydrogens is 161 g/mol. The number of hydrogen-bond donors (Lipinski definition) is 0. The maximum Gasteiger partial charge on any atom is 0.401 e. The zero-order valence-electron chi connectivity index (χ0n) is 5.11. The first-order valence-electron chi connectivity index (χ1n) is 2.44. The molecule has 0 atom stereocenters. The summed E-state index contributed by atoms with van der Waals surface area (Å²) in [6.45, 7) is 0. The summed E-state index contributed by atoms with van der Waals surface area (Å²) in [7, 11) is 1.59. The first-order valence-corrected chi connectivity index (χ1v) is 2.82. The van der Waals surface area contributed by atoms with Gasteiger partial charge in [0.05, 0.1) is 0 Å². The SMILES string of the molecule is [13CH3]n1[13cH]n[13c]([N+](=O)[O-])[13c]1Cl. The van der Waals surface area contributed by atoms with Crippen molar-refractivity contribution >= 4 is 17.4 Å². The van der Waals surface area contributed by atoms with E-state index in [1.807, 2.05) is 0 Å². The first-order chi connectivity index (χ1) is 4.63. The van der Waals surface area contributed by atoms with Gasteiger partial charge in [-0.2, -0.15) is 0 Å². The third-order valence-corrected chi connectivity index (χ3v) is 1.46. The number of halogens is 1. The van der Waals surface area contributed by atoms with Gasteiger partial charge in [0.25, 0.3) is 0 Å². The third kappa shape index (κ3) is 0.950. The Morgan fingerprint density at radius 1 is 1.90 bits per heavy atom. The van der Waals surface area contributed by atoms with Gasteiger partial charge in [-0.15, -0.1) is 0 Å². The molecular formula is C4H4ClN3O2. The van der Waals surface area contributed by atoms with Crippen LogP contribution in [0.15, 0.2) is 6.33 Å². The van der Waals surface area contributed by atoms with Crippen molar-refractivity contribution in [1.29, 1.82) is 0 Å². The quantitative estimate of drug-likeness (QED) is 0.354. The number of aryl methyl sites for hydroxylation is 1. The second kappa shape index (κ2) is 2.26. The summed E-state index contributed by atoms with van der Waals surface area (Å²) in [6, 6.07) is 0. The summed E-state index contributed by atoms with van der Waals surface area (Å²) in [5.41, 5.74) is 0. The van der Waals surface area contributed by atoms with E-state index in [2.05, 4.69) is 4.98 Å². The lowest BCUT2D eigenvalue weighted by Gasteiger charge is -1.88. The van der Waals surface area contributed by atoms with E-state index in [4.69, 9.17) is 11.6 Å². The van der Waals surface area contributed by atoms with E-state index in [1.165, 1.54) is 10.9 Å². The Morgan fingerprint density at radius 3 is 2.70 bits per heavy atom. The van der Waals surface area contributed by atoms with Crippen LogP contribution in [0.4, 0.5) is 5.82 Å². The van der Waals surface area contributed by atoms with Gasteiger partial charge in [-0.25, -0.2) is 0 Å². The Bertz CT molecular complexity index is 269. The number of aromatic nitrogens is 2. The molecule has 1 aromatic rings. The van der Waals surface area contributed by atoms with Crippen LogP contribution in [-0.4, -0.2) is 14.5 Å². The van der Waals surface area contributed by atoms with Crippen molar-refractivity contribution < 1.29 is 4.92 Å². The standard InChI is InChI=1S/C4H4ClN3O2/c1-7-2-6-4(3(7)5)8(9)10/h2H,1H3/i1+1,2+1,3+1,4+1. The van der Waals surface area contributed by atoms with Crippen molar-refractivity contribution in [3.63, 3.8) is 0 Å². The average molecular weight is 166 g/mol. The van der Waals surface area contributed by atoms with Gasteiger partial charge < -0.3 is 10.1 Å². The Labute approximate surface area is 61.4 Å². The van der Waals surface area contributed by atoms with E-state index in [-0.39, 0.29) is 11.0 Å². The number of hydrogen-bond acceptors (Lipinski definition) is 3. The molecule has 0 N–H and O–H groups in total. The number of rotatable bonds is 1. The second-order valence-electron chi connectivity index (χ2n) is 1.73. The van der Waals surface area contributed by atoms with Gasteiger partial charge in [0.2, 0.25) is 11.5 Å². The molecule has 0 aliphatic carbocycles. The van der Waals surface area contributed by atoms with Crippen molar-refractivity contribution in [1.82, 2.24) is 9.55 Å². The van der Waals surface area contributed by atoms with E-state index in [1.54, 1.807) is 7.05 Å². The molecule has 0 aromatic carbocycles. The zero-order chi connectivity index (χ0) is 7.72. The van der Waals surface area contributed by atoms with E-state index < -0.39 is 4.92 Å². The summed E-state index contributed by atoms with van der Waals surface area (Å²) < 4.78 is 1.37. The third-order valence-electron chi connectivity index (χ3n) is 1.02. The summed E-state index contributed by atoms with van der Waals surface area (Å²) in [4.78, 5) is 12.9. The molecule has 0 bridgehead atoms. The molecule has 0 fully saturated rings. The molecule has 0 saturated carbocycles. The molecule has 0 aliphatic heterocycles. The lowest BCUT2D eigenvalue weighted by molar-refractivity contribution is -0.389. The summed E-state index contributed by atoms with van der Waals surface area (Å²) in [5, 5.41) is 10.1. The first kappa shape index (κ1) is 7.01. The Morgan fingerprint density at radius 2 is 2.50 bits per heavy atom. The maximum absolute atomic E-state index is 10.1. The zero-order valence-corrected chi connectivity index (χ0v) is 5.87. The van der Waals surface area contributed by atoms with Crippen molar-refractivity contribution in [2.24, 2.45) is 7.05 Å². The fourth-order valence-electron chi connectivity index (χ4n) is 0.525. The fraction of sp³-hybridized carbons (Fsp3) is 0.250. The predicted molar refractivity (Wildman–Crippen MR) is 34.9 cm³/mol. The van der Waals surface area contributed by atoms with Crippen LogP contribution in [0.25, 0.3) is 0 Å². The smallest absolute Gasteiger partial charge is 0.358 e. The molecule has 10 heavy (non-hydrogen) atoms. The van der Waals surface area contributed by atoms with Crippen molar-refractivity contribution in [3.8, 4) is 0 Å². The summed E-state index contributed by atoms with van der Waals surface area (Å²) in [6.07, 6.45) is 1.29. The van der Waals surface area contributed by atoms with Crippen LogP contribution >= 0.6 is 11.6 Å². The van der Waals surface area contributed by atoms with Gasteiger partial charge >= 0.3 is 5.82 Å². The summed E-state index contributed by atoms with van der Waals surface area (Å²) in [5.74, 6) is -0.302. The van der Waals surface area contributed by atoms with Gasteiger partial charge in [0.15, 0.2) is 0 Å². The second-order valence-corrected chi connectivity index (χ2v) is 2.09. The van der Waals surface area contributed by atoms with Crippen LogP contribution in [0.3, 0.4) is 0 Å². The lowest BCUT2D eigenvalue weighted by Crippen LogP contribution is -1.89. The highest BCUT2D eigenvalue weighted by atomic mass is 35.5. The van der Waals surface area contributed by atoms with Crippen LogP contribution in [0.2, 0.25) is 5.15 Å². The van der Waals surface area contributed by atoms with Crippen LogP contribution < -0.4 is 0 Å². The van der Waals surface area contributed by atoms with Gasteiger partial charge in [0, 0.05) is 7.05 Å². The van der Waals surface area contributed by atoms with Gasteiger partial charge in [-0.05, 0) is 9.91 Å². The highest BCUT2D eigenvalue weighted by Crippen LogP contribution is 2.19. The predicted octanol–water partition coefficient (Wildman–Crippen LogP) is 0.982. The van der Waals surface area contributed by atoms with E-state index in [0.29, 0.717) is 0 Å². The van der Waals surface area contributed by atoms with E-state index in [9.17, 15) is 10.1 Å². The Balaban J connectivity index is 3.17. The minimum absolute atomic E-state index is 0.0463. The van der Waals surface area contributed by atoms with Gasteiger partial charge in [0.1, 0.15) is 0 Å². The molecule has 1 rings (SSSR count). The topological polar surface area (TPSA) is 61.0 Å². The number of nitrogens with zero attached hydrogens (tertiary/aromatic N) is 3. The molecule has 6 heteroatoms. The van der Waals surface area contributed by atoms with Crippen LogP contribution in [-0.2, 0) is 7.05 Å². The molecule has 1 heterocycles. The highest BCUT2D eigenvalue weighted by molar-refractivity contribution is 6.31. The average Bonchev–Trinajstić information content (AvgIpc) is 2.14. The minimum atomic E-state index is -0.623. The molecule has 0 saturated heterocycles. The molecule has 0 aliphatic rings. The van der Waals surface area contributed by atoms with Crippen molar-refractivity contribution in [2.75, 3.05) is 0 Å². The van der Waals surface area contributed by atoms with E-state index in [0.717, 1.165) is 0 Å². The largest absolute Gasteiger partial charge is 0.401 e. The molecule has 0 spiro atoms. The fourth-order valence-corrected chi connectivity index (χ4v) is 0.687. The highest BCUT2D eigenvalue weighted by Gasteiger charge is 2.16. The normalized spacial score (nSPS) is 9.80. The van der Waals surface area contributed by atoms with Crippen molar-refractivity contribution in [2.45, 2.75) is 0 Å². The molecule has 1 aromatic heterocycles. The molecule has 0 unspecified atom stereocenters. The summed E-state index contributed by atoms with van der Waals surface area (Å²) >= 11 is 5.46. The minimum Gasteiger partial charge on any atom is -0.358 e. The van der Waals surface area contributed by atoms with Crippen LogP contribution in [0.5, 0.6) is 0 Å². The van der Waals surface area contributed by atoms with Gasteiger partial charge in [-0.3, -0.25) is 4.57 Å².